The molecule has 1 saturated heterocycles. The highest BCUT2D eigenvalue weighted by molar-refractivity contribution is 5.96. The molecule has 0 aliphatic carbocycles. The Balaban J connectivity index is 1.45. The average molecular weight is 449 g/mol. The van der Waals surface area contributed by atoms with Gasteiger partial charge in [-0.1, -0.05) is 48.5 Å². The second-order valence-electron chi connectivity index (χ2n) is 8.30. The number of imidazole rings is 1. The molecule has 0 saturated carbocycles. The van der Waals surface area contributed by atoms with Crippen molar-refractivity contribution < 1.29 is 18.0 Å². The van der Waals surface area contributed by atoms with Crippen LogP contribution in [-0.2, 0) is 23.9 Å². The van der Waals surface area contributed by atoms with E-state index in [1.807, 2.05) is 42.5 Å². The van der Waals surface area contributed by atoms with Crippen LogP contribution in [0.1, 0.15) is 29.3 Å². The summed E-state index contributed by atoms with van der Waals surface area (Å²) in [5.41, 5.74) is 2.56. The van der Waals surface area contributed by atoms with E-state index in [1.165, 1.54) is 16.5 Å². The summed E-state index contributed by atoms with van der Waals surface area (Å²) in [5.74, 6) is 0.408. The van der Waals surface area contributed by atoms with Crippen LogP contribution in [0.25, 0.3) is 11.0 Å². The predicted molar refractivity (Wildman–Crippen MR) is 121 cm³/mol. The van der Waals surface area contributed by atoms with Gasteiger partial charge in [-0.05, 0) is 42.3 Å². The molecule has 0 N–H and O–H groups in total. The lowest BCUT2D eigenvalue weighted by Gasteiger charge is -2.19. The Bertz CT molecular complexity index is 1300. The molecule has 7 heteroatoms. The van der Waals surface area contributed by atoms with Gasteiger partial charge in [0.05, 0.1) is 16.6 Å². The van der Waals surface area contributed by atoms with Crippen LogP contribution in [-0.4, -0.2) is 22.0 Å². The first kappa shape index (κ1) is 21.2. The van der Waals surface area contributed by atoms with Gasteiger partial charge in [0, 0.05) is 31.1 Å². The van der Waals surface area contributed by atoms with Gasteiger partial charge in [-0.15, -0.1) is 0 Å². The maximum Gasteiger partial charge on any atom is 0.416 e. The highest BCUT2D eigenvalue weighted by Crippen LogP contribution is 2.36. The Morgan fingerprint density at radius 2 is 1.70 bits per heavy atom. The van der Waals surface area contributed by atoms with Crippen LogP contribution >= 0.6 is 0 Å². The van der Waals surface area contributed by atoms with Crippen molar-refractivity contribution in [3.8, 4) is 0 Å². The van der Waals surface area contributed by atoms with Crippen molar-refractivity contribution >= 4 is 22.6 Å². The van der Waals surface area contributed by atoms with E-state index in [4.69, 9.17) is 4.98 Å². The fourth-order valence-corrected chi connectivity index (χ4v) is 4.51. The number of hydrogen-bond acceptors (Lipinski definition) is 2. The first-order valence-corrected chi connectivity index (χ1v) is 10.9. The molecule has 3 aromatic carbocycles. The second kappa shape index (κ2) is 8.39. The summed E-state index contributed by atoms with van der Waals surface area (Å²) in [7, 11) is 0. The maximum atomic E-state index is 13.2. The number of para-hydroxylation sites is 2. The monoisotopic (exact) mass is 449 g/mol. The number of aromatic nitrogens is 2. The fraction of sp³-hybridized carbons (Fsp3) is 0.231. The van der Waals surface area contributed by atoms with Crippen LogP contribution in [0, 0.1) is 0 Å². The van der Waals surface area contributed by atoms with Gasteiger partial charge in [0.2, 0.25) is 5.91 Å². The van der Waals surface area contributed by atoms with Gasteiger partial charge in [0.15, 0.2) is 0 Å². The quantitative estimate of drug-likeness (QED) is 0.385. The zero-order valence-corrected chi connectivity index (χ0v) is 17.8. The topological polar surface area (TPSA) is 38.1 Å². The summed E-state index contributed by atoms with van der Waals surface area (Å²) in [4.78, 5) is 19.1. The minimum Gasteiger partial charge on any atom is -0.327 e. The van der Waals surface area contributed by atoms with E-state index in [0.29, 0.717) is 13.1 Å². The summed E-state index contributed by atoms with van der Waals surface area (Å²) in [6.45, 7) is 1.00. The molecule has 168 valence electrons. The molecule has 1 aliphatic heterocycles. The van der Waals surface area contributed by atoms with E-state index >= 15 is 0 Å². The van der Waals surface area contributed by atoms with Crippen LogP contribution in [0.5, 0.6) is 0 Å². The molecular weight excluding hydrogens is 427 g/mol. The Morgan fingerprint density at radius 3 is 2.48 bits per heavy atom. The molecule has 1 fully saturated rings. The van der Waals surface area contributed by atoms with Crippen molar-refractivity contribution in [2.75, 3.05) is 11.4 Å². The molecule has 5 rings (SSSR count). The summed E-state index contributed by atoms with van der Waals surface area (Å²) < 4.78 is 41.7. The smallest absolute Gasteiger partial charge is 0.327 e. The maximum absolute atomic E-state index is 13.2. The summed E-state index contributed by atoms with van der Waals surface area (Å²) in [6, 6.07) is 22.9. The van der Waals surface area contributed by atoms with E-state index < -0.39 is 11.7 Å². The zero-order chi connectivity index (χ0) is 23.0. The third-order valence-electron chi connectivity index (χ3n) is 6.13. The molecule has 1 amide bonds. The molecule has 1 atom stereocenters. The van der Waals surface area contributed by atoms with Gasteiger partial charge < -0.3 is 9.47 Å². The lowest BCUT2D eigenvalue weighted by atomic mass is 10.1. The third kappa shape index (κ3) is 4.23. The number of halogens is 3. The average Bonchev–Trinajstić information content (AvgIpc) is 3.38. The second-order valence-corrected chi connectivity index (χ2v) is 8.30. The van der Waals surface area contributed by atoms with Gasteiger partial charge >= 0.3 is 6.18 Å². The summed E-state index contributed by atoms with van der Waals surface area (Å²) in [6.07, 6.45) is -3.43. The van der Waals surface area contributed by atoms with Crippen molar-refractivity contribution in [2.45, 2.75) is 31.5 Å². The molecule has 1 aliphatic rings. The predicted octanol–water partition coefficient (Wildman–Crippen LogP) is 5.82. The zero-order valence-electron chi connectivity index (χ0n) is 17.8. The van der Waals surface area contributed by atoms with E-state index in [0.717, 1.165) is 35.4 Å². The molecule has 1 aromatic heterocycles. The van der Waals surface area contributed by atoms with Gasteiger partial charge in [-0.3, -0.25) is 4.79 Å². The normalized spacial score (nSPS) is 16.6. The number of carbonyl (C=O) groups excluding carboxylic acids is 1. The molecule has 4 nitrogen and oxygen atoms in total. The van der Waals surface area contributed by atoms with Gasteiger partial charge in [-0.2, -0.15) is 13.2 Å². The molecular formula is C26H22F3N3O. The number of alkyl halides is 3. The van der Waals surface area contributed by atoms with E-state index in [1.54, 1.807) is 6.07 Å². The number of amides is 1. The van der Waals surface area contributed by atoms with Crippen molar-refractivity contribution in [1.29, 1.82) is 0 Å². The number of nitrogens with zero attached hydrogens (tertiary/aromatic N) is 3. The van der Waals surface area contributed by atoms with Gasteiger partial charge in [0.25, 0.3) is 0 Å². The third-order valence-corrected chi connectivity index (χ3v) is 6.13. The molecule has 4 aromatic rings. The lowest BCUT2D eigenvalue weighted by Crippen LogP contribution is -2.25. The van der Waals surface area contributed by atoms with E-state index in [-0.39, 0.29) is 23.9 Å². The van der Waals surface area contributed by atoms with Gasteiger partial charge in [0.1, 0.15) is 5.82 Å². The van der Waals surface area contributed by atoms with Crippen LogP contribution in [0.15, 0.2) is 78.9 Å². The highest BCUT2D eigenvalue weighted by Gasteiger charge is 2.36. The first-order valence-electron chi connectivity index (χ1n) is 10.9. The summed E-state index contributed by atoms with van der Waals surface area (Å²) in [5, 5.41) is 0. The molecule has 0 radical (unpaired) electrons. The lowest BCUT2D eigenvalue weighted by molar-refractivity contribution is -0.137. The van der Waals surface area contributed by atoms with Crippen LogP contribution < -0.4 is 4.90 Å². The number of fused-ring (bicyclic) bond motifs is 1. The van der Waals surface area contributed by atoms with Crippen molar-refractivity contribution in [1.82, 2.24) is 9.55 Å². The van der Waals surface area contributed by atoms with Crippen LogP contribution in [0.4, 0.5) is 18.9 Å². The Hall–Kier alpha value is -3.61. The Kier molecular flexibility index (Phi) is 5.40. The number of anilines is 1. The minimum absolute atomic E-state index is 0.194. The first-order chi connectivity index (χ1) is 15.9. The number of aryl methyl sites for hydroxylation is 2. The van der Waals surface area contributed by atoms with Crippen LogP contribution in [0.3, 0.4) is 0 Å². The number of hydrogen-bond donors (Lipinski definition) is 0. The van der Waals surface area contributed by atoms with Crippen molar-refractivity contribution in [3.63, 3.8) is 0 Å². The number of carbonyl (C=O) groups is 1. The Morgan fingerprint density at radius 1 is 0.939 bits per heavy atom. The minimum atomic E-state index is -4.45. The molecule has 0 unspecified atom stereocenters. The van der Waals surface area contributed by atoms with E-state index in [9.17, 15) is 18.0 Å². The van der Waals surface area contributed by atoms with E-state index in [2.05, 4.69) is 16.7 Å². The van der Waals surface area contributed by atoms with Gasteiger partial charge in [-0.25, -0.2) is 4.98 Å². The fourth-order valence-electron chi connectivity index (χ4n) is 4.51. The molecule has 33 heavy (non-hydrogen) atoms. The Labute approximate surface area is 189 Å². The van der Waals surface area contributed by atoms with Crippen molar-refractivity contribution in [2.24, 2.45) is 0 Å². The molecule has 0 spiro atoms. The molecule has 0 bridgehead atoms. The summed E-state index contributed by atoms with van der Waals surface area (Å²) >= 11 is 0. The van der Waals surface area contributed by atoms with Crippen LogP contribution in [0.2, 0.25) is 0 Å². The number of rotatable bonds is 5. The molecule has 2 heterocycles. The SMILES string of the molecule is O=C1C[C@@H](c2nc3ccccc3n2CCc2ccccc2)CN1c1cccc(C(F)(F)F)c1. The largest absolute Gasteiger partial charge is 0.416 e. The number of benzene rings is 3. The van der Waals surface area contributed by atoms with Crippen molar-refractivity contribution in [3.05, 3.63) is 95.8 Å². The highest BCUT2D eigenvalue weighted by atomic mass is 19.4. The standard InChI is InChI=1S/C26H22F3N3O/c27-26(28,29)20-9-6-10-21(16-20)32-17-19(15-24(32)33)25-30-22-11-4-5-12-23(22)31(25)14-13-18-7-2-1-3-8-18/h1-12,16,19H,13-15,17H2/t19-/m1/s1.